The molecule has 2 aromatic rings. The highest BCUT2D eigenvalue weighted by Crippen LogP contribution is 2.24. The van der Waals surface area contributed by atoms with E-state index in [1.54, 1.807) is 0 Å². The van der Waals surface area contributed by atoms with Gasteiger partial charge < -0.3 is 5.32 Å². The molecule has 0 unspecified atom stereocenters. The van der Waals surface area contributed by atoms with Gasteiger partial charge >= 0.3 is 11.8 Å². The van der Waals surface area contributed by atoms with E-state index in [1.165, 1.54) is 48.7 Å². The maximum absolute atomic E-state index is 11.7. The number of amides is 2. The number of halogens is 2. The first-order chi connectivity index (χ1) is 11.9. The van der Waals surface area contributed by atoms with Gasteiger partial charge in [0.15, 0.2) is 0 Å². The molecule has 25 heavy (non-hydrogen) atoms. The Balaban J connectivity index is 1.91. The molecule has 128 valence electrons. The summed E-state index contributed by atoms with van der Waals surface area (Å²) in [5.74, 6) is -1.94. The van der Waals surface area contributed by atoms with Crippen molar-refractivity contribution in [3.63, 3.8) is 0 Å². The van der Waals surface area contributed by atoms with Gasteiger partial charge in [-0.05, 0) is 35.9 Å². The van der Waals surface area contributed by atoms with Crippen LogP contribution in [-0.2, 0) is 9.59 Å². The van der Waals surface area contributed by atoms with E-state index >= 15 is 0 Å². The van der Waals surface area contributed by atoms with Crippen molar-refractivity contribution in [3.8, 4) is 0 Å². The lowest BCUT2D eigenvalue weighted by molar-refractivity contribution is -0.384. The van der Waals surface area contributed by atoms with Crippen LogP contribution in [0.5, 0.6) is 0 Å². The Morgan fingerprint density at radius 1 is 1.04 bits per heavy atom. The number of carbonyl (C=O) groups is 2. The number of nitrogens with one attached hydrogen (secondary N) is 2. The van der Waals surface area contributed by atoms with E-state index in [-0.39, 0.29) is 10.7 Å². The van der Waals surface area contributed by atoms with Crippen LogP contribution in [0.3, 0.4) is 0 Å². The lowest BCUT2D eigenvalue weighted by Crippen LogP contribution is -2.32. The van der Waals surface area contributed by atoms with Crippen molar-refractivity contribution in [1.82, 2.24) is 5.43 Å². The Kier molecular flexibility index (Phi) is 6.04. The number of hydrogen-bond acceptors (Lipinski definition) is 5. The molecule has 0 aliphatic rings. The van der Waals surface area contributed by atoms with Gasteiger partial charge in [-0.25, -0.2) is 5.43 Å². The Morgan fingerprint density at radius 2 is 1.72 bits per heavy atom. The fourth-order valence-corrected chi connectivity index (χ4v) is 1.96. The van der Waals surface area contributed by atoms with Gasteiger partial charge in [0, 0.05) is 17.8 Å². The number of nitro groups is 1. The van der Waals surface area contributed by atoms with Crippen LogP contribution < -0.4 is 10.7 Å². The van der Waals surface area contributed by atoms with E-state index in [4.69, 9.17) is 23.2 Å². The largest absolute Gasteiger partial charge is 0.329 e. The number of hydrogen-bond donors (Lipinski definition) is 2. The minimum atomic E-state index is -0.996. The van der Waals surface area contributed by atoms with Crippen LogP contribution in [0.1, 0.15) is 5.56 Å². The van der Waals surface area contributed by atoms with Crippen molar-refractivity contribution < 1.29 is 14.5 Å². The molecule has 2 rings (SSSR count). The standard InChI is InChI=1S/C15H10Cl2N4O4/c16-12-6-3-10(7-13(12)17)19-14(22)15(23)20-18-8-9-1-4-11(5-2-9)21(24)25/h1-8H,(H,19,22)(H,20,23). The first kappa shape index (κ1) is 18.4. The van der Waals surface area contributed by atoms with E-state index in [9.17, 15) is 19.7 Å². The Bertz CT molecular complexity index is 853. The molecule has 0 heterocycles. The second-order valence-corrected chi connectivity index (χ2v) is 5.45. The molecular formula is C15H10Cl2N4O4. The summed E-state index contributed by atoms with van der Waals surface area (Å²) in [5.41, 5.74) is 2.78. The van der Waals surface area contributed by atoms with E-state index in [2.05, 4.69) is 10.4 Å². The minimum absolute atomic E-state index is 0.0674. The number of hydrazone groups is 1. The number of non-ortho nitro benzene ring substituents is 1. The fraction of sp³-hybridized carbons (Fsp3) is 0. The van der Waals surface area contributed by atoms with Crippen LogP contribution in [0, 0.1) is 10.1 Å². The first-order valence-electron chi connectivity index (χ1n) is 6.70. The second-order valence-electron chi connectivity index (χ2n) is 4.63. The average molecular weight is 381 g/mol. The molecule has 0 saturated heterocycles. The molecule has 8 nitrogen and oxygen atoms in total. The third-order valence-corrected chi connectivity index (χ3v) is 3.61. The normalized spacial score (nSPS) is 10.5. The SMILES string of the molecule is O=C(NN=Cc1ccc([N+](=O)[O-])cc1)C(=O)Nc1ccc(Cl)c(Cl)c1. The monoisotopic (exact) mass is 380 g/mol. The fourth-order valence-electron chi connectivity index (χ4n) is 1.66. The molecule has 0 aromatic heterocycles. The molecule has 0 spiro atoms. The lowest BCUT2D eigenvalue weighted by atomic mass is 10.2. The van der Waals surface area contributed by atoms with Gasteiger partial charge in [-0.15, -0.1) is 0 Å². The number of nitrogens with zero attached hydrogens (tertiary/aromatic N) is 2. The summed E-state index contributed by atoms with van der Waals surface area (Å²) in [6.07, 6.45) is 1.24. The number of nitro benzene ring substituents is 1. The molecule has 0 radical (unpaired) electrons. The van der Waals surface area contributed by atoms with Gasteiger partial charge in [0.1, 0.15) is 0 Å². The Labute approximate surface area is 151 Å². The summed E-state index contributed by atoms with van der Waals surface area (Å²) in [5, 5.41) is 17.0. The van der Waals surface area contributed by atoms with Crippen LogP contribution in [-0.4, -0.2) is 23.0 Å². The van der Waals surface area contributed by atoms with Crippen molar-refractivity contribution >= 4 is 52.6 Å². The van der Waals surface area contributed by atoms with E-state index in [0.29, 0.717) is 16.3 Å². The van der Waals surface area contributed by atoms with Gasteiger partial charge in [0.25, 0.3) is 5.69 Å². The molecule has 2 amide bonds. The number of anilines is 1. The highest BCUT2D eigenvalue weighted by Gasteiger charge is 2.13. The summed E-state index contributed by atoms with van der Waals surface area (Å²) in [7, 11) is 0. The first-order valence-corrected chi connectivity index (χ1v) is 7.46. The molecular weight excluding hydrogens is 371 g/mol. The molecule has 2 aromatic carbocycles. The highest BCUT2D eigenvalue weighted by molar-refractivity contribution is 6.42. The Hall–Kier alpha value is -2.97. The zero-order valence-corrected chi connectivity index (χ0v) is 13.9. The third-order valence-electron chi connectivity index (χ3n) is 2.87. The summed E-state index contributed by atoms with van der Waals surface area (Å²) in [6.45, 7) is 0. The van der Waals surface area contributed by atoms with E-state index in [0.717, 1.165) is 0 Å². The van der Waals surface area contributed by atoms with E-state index in [1.807, 2.05) is 5.43 Å². The average Bonchev–Trinajstić information content (AvgIpc) is 2.58. The smallest absolute Gasteiger partial charge is 0.318 e. The van der Waals surface area contributed by atoms with Crippen molar-refractivity contribution in [3.05, 3.63) is 68.2 Å². The van der Waals surface area contributed by atoms with Crippen LogP contribution in [0.4, 0.5) is 11.4 Å². The Morgan fingerprint density at radius 3 is 2.32 bits per heavy atom. The molecule has 2 N–H and O–H groups in total. The molecule has 0 aliphatic carbocycles. The molecule has 10 heteroatoms. The predicted octanol–water partition coefficient (Wildman–Crippen LogP) is 2.99. The zero-order valence-electron chi connectivity index (χ0n) is 12.4. The maximum atomic E-state index is 11.7. The van der Waals surface area contributed by atoms with Crippen LogP contribution in [0.2, 0.25) is 10.0 Å². The van der Waals surface area contributed by atoms with Gasteiger partial charge in [-0.2, -0.15) is 5.10 Å². The predicted molar refractivity (Wildman–Crippen MR) is 93.9 cm³/mol. The zero-order chi connectivity index (χ0) is 18.4. The van der Waals surface area contributed by atoms with Gasteiger partial charge in [0.05, 0.1) is 21.2 Å². The topological polar surface area (TPSA) is 114 Å². The molecule has 0 saturated carbocycles. The lowest BCUT2D eigenvalue weighted by Gasteiger charge is -2.05. The summed E-state index contributed by atoms with van der Waals surface area (Å²) in [4.78, 5) is 33.4. The van der Waals surface area contributed by atoms with Crippen LogP contribution in [0.25, 0.3) is 0 Å². The van der Waals surface area contributed by atoms with Crippen molar-refractivity contribution in [1.29, 1.82) is 0 Å². The molecule has 0 atom stereocenters. The maximum Gasteiger partial charge on any atom is 0.329 e. The molecule has 0 bridgehead atoms. The third kappa shape index (κ3) is 5.27. The number of rotatable bonds is 4. The highest BCUT2D eigenvalue weighted by atomic mass is 35.5. The second kappa shape index (κ2) is 8.22. The molecule has 0 fully saturated rings. The summed E-state index contributed by atoms with van der Waals surface area (Å²) >= 11 is 11.6. The quantitative estimate of drug-likeness (QED) is 0.367. The van der Waals surface area contributed by atoms with E-state index < -0.39 is 16.7 Å². The molecule has 0 aliphatic heterocycles. The summed E-state index contributed by atoms with van der Waals surface area (Å²) < 4.78 is 0. The van der Waals surface area contributed by atoms with Gasteiger partial charge in [-0.1, -0.05) is 23.2 Å². The number of carbonyl (C=O) groups excluding carboxylic acids is 2. The summed E-state index contributed by atoms with van der Waals surface area (Å²) in [6, 6.07) is 9.84. The van der Waals surface area contributed by atoms with Crippen LogP contribution >= 0.6 is 23.2 Å². The van der Waals surface area contributed by atoms with Crippen molar-refractivity contribution in [2.24, 2.45) is 5.10 Å². The minimum Gasteiger partial charge on any atom is -0.318 e. The van der Waals surface area contributed by atoms with Crippen molar-refractivity contribution in [2.45, 2.75) is 0 Å². The van der Waals surface area contributed by atoms with Crippen LogP contribution in [0.15, 0.2) is 47.6 Å². The van der Waals surface area contributed by atoms with Crippen molar-refractivity contribution in [2.75, 3.05) is 5.32 Å². The van der Waals surface area contributed by atoms with Gasteiger partial charge in [-0.3, -0.25) is 19.7 Å². The number of benzene rings is 2. The van der Waals surface area contributed by atoms with Gasteiger partial charge in [0.2, 0.25) is 0 Å².